The molecule has 2 aromatic carbocycles. The number of carbonyl (C=O) groups excluding carboxylic acids is 1. The Morgan fingerprint density at radius 1 is 0.957 bits per heavy atom. The molecule has 0 aliphatic carbocycles. The summed E-state index contributed by atoms with van der Waals surface area (Å²) in [6.07, 6.45) is 0. The molecule has 1 heterocycles. The molecule has 1 aliphatic rings. The fourth-order valence-electron chi connectivity index (χ4n) is 3.10. The molecule has 0 saturated carbocycles. The van der Waals surface area contributed by atoms with Crippen LogP contribution in [0.5, 0.6) is 0 Å². The number of benzene rings is 2. The number of thioether (sulfide) groups is 1. The van der Waals surface area contributed by atoms with Crippen LogP contribution in [0.4, 0.5) is 0 Å². The fraction of sp³-hybridized carbons (Fsp3) is 0.250. The van der Waals surface area contributed by atoms with Gasteiger partial charge in [0, 0.05) is 0 Å². The Kier molecular flexibility index (Phi) is 3.85. The minimum atomic E-state index is -0.552. The lowest BCUT2D eigenvalue weighted by Crippen LogP contribution is -2.14. The van der Waals surface area contributed by atoms with Crippen molar-refractivity contribution in [3.63, 3.8) is 0 Å². The van der Waals surface area contributed by atoms with Gasteiger partial charge in [-0.3, -0.25) is 4.79 Å². The average molecular weight is 324 g/mol. The number of aliphatic hydroxyl groups is 1. The third-order valence-corrected chi connectivity index (χ3v) is 5.34. The molecule has 0 amide bonds. The zero-order chi connectivity index (χ0) is 16.8. The van der Waals surface area contributed by atoms with Gasteiger partial charge in [0.05, 0.1) is 10.3 Å². The Morgan fingerprint density at radius 2 is 1.52 bits per heavy atom. The van der Waals surface area contributed by atoms with Crippen LogP contribution in [-0.4, -0.2) is 15.0 Å². The SMILES string of the molecule is Cc1cc(-c2ccccc2)cc(C)c1C1=C(O)C(C)(C)SC1=O. The number of carbonyl (C=O) groups is 1. The average Bonchev–Trinajstić information content (AvgIpc) is 2.69. The monoisotopic (exact) mass is 324 g/mol. The summed E-state index contributed by atoms with van der Waals surface area (Å²) in [5.41, 5.74) is 5.63. The third-order valence-electron chi connectivity index (χ3n) is 4.25. The van der Waals surface area contributed by atoms with Crippen molar-refractivity contribution in [1.29, 1.82) is 0 Å². The number of aliphatic hydroxyl groups excluding tert-OH is 1. The Balaban J connectivity index is 2.17. The zero-order valence-corrected chi connectivity index (χ0v) is 14.6. The van der Waals surface area contributed by atoms with E-state index in [9.17, 15) is 9.90 Å². The van der Waals surface area contributed by atoms with Crippen molar-refractivity contribution >= 4 is 22.5 Å². The zero-order valence-electron chi connectivity index (χ0n) is 13.8. The predicted octanol–water partition coefficient (Wildman–Crippen LogP) is 5.29. The lowest BCUT2D eigenvalue weighted by Gasteiger charge is -2.16. The second kappa shape index (κ2) is 5.57. The Bertz CT molecular complexity index is 794. The molecule has 118 valence electrons. The first-order valence-corrected chi connectivity index (χ1v) is 8.47. The highest BCUT2D eigenvalue weighted by atomic mass is 32.2. The van der Waals surface area contributed by atoms with Gasteiger partial charge in [0.15, 0.2) is 0 Å². The molecule has 3 heteroatoms. The number of rotatable bonds is 2. The van der Waals surface area contributed by atoms with Crippen molar-refractivity contribution in [2.75, 3.05) is 0 Å². The highest BCUT2D eigenvalue weighted by Gasteiger charge is 2.41. The molecule has 0 spiro atoms. The molecule has 0 fully saturated rings. The van der Waals surface area contributed by atoms with Crippen molar-refractivity contribution in [2.45, 2.75) is 32.4 Å². The Hall–Kier alpha value is -2.00. The van der Waals surface area contributed by atoms with E-state index in [1.165, 1.54) is 11.8 Å². The molecule has 0 aromatic heterocycles. The van der Waals surface area contributed by atoms with E-state index in [0.717, 1.165) is 27.8 Å². The molecule has 23 heavy (non-hydrogen) atoms. The maximum absolute atomic E-state index is 12.4. The normalized spacial score (nSPS) is 17.0. The smallest absolute Gasteiger partial charge is 0.224 e. The van der Waals surface area contributed by atoms with Crippen LogP contribution >= 0.6 is 11.8 Å². The molecule has 0 saturated heterocycles. The van der Waals surface area contributed by atoms with Gasteiger partial charge in [0.1, 0.15) is 5.76 Å². The van der Waals surface area contributed by atoms with Gasteiger partial charge in [-0.05, 0) is 55.5 Å². The quantitative estimate of drug-likeness (QED) is 0.815. The minimum absolute atomic E-state index is 0.0499. The van der Waals surface area contributed by atoms with Crippen LogP contribution in [0, 0.1) is 13.8 Å². The van der Waals surface area contributed by atoms with Crippen molar-refractivity contribution in [2.24, 2.45) is 0 Å². The maximum atomic E-state index is 12.4. The molecule has 0 atom stereocenters. The van der Waals surface area contributed by atoms with Crippen molar-refractivity contribution in [3.8, 4) is 11.1 Å². The van der Waals surface area contributed by atoms with Gasteiger partial charge < -0.3 is 5.11 Å². The van der Waals surface area contributed by atoms with Gasteiger partial charge in [-0.2, -0.15) is 0 Å². The maximum Gasteiger partial charge on any atom is 0.224 e. The molecule has 1 N–H and O–H groups in total. The van der Waals surface area contributed by atoms with Crippen LogP contribution in [0.3, 0.4) is 0 Å². The van der Waals surface area contributed by atoms with Crippen molar-refractivity contribution in [3.05, 3.63) is 64.9 Å². The highest BCUT2D eigenvalue weighted by Crippen LogP contribution is 2.47. The van der Waals surface area contributed by atoms with E-state index in [1.807, 2.05) is 45.9 Å². The summed E-state index contributed by atoms with van der Waals surface area (Å²) in [5.74, 6) is 0.186. The van der Waals surface area contributed by atoms with Crippen LogP contribution in [0.1, 0.15) is 30.5 Å². The van der Waals surface area contributed by atoms with E-state index in [1.54, 1.807) is 0 Å². The molecule has 0 bridgehead atoms. The molecule has 1 aliphatic heterocycles. The summed E-state index contributed by atoms with van der Waals surface area (Å²) in [5, 5.41) is 10.5. The number of aryl methyl sites for hydroxylation is 2. The summed E-state index contributed by atoms with van der Waals surface area (Å²) < 4.78 is -0.552. The summed E-state index contributed by atoms with van der Waals surface area (Å²) in [7, 11) is 0. The van der Waals surface area contributed by atoms with Crippen LogP contribution < -0.4 is 0 Å². The van der Waals surface area contributed by atoms with Gasteiger partial charge in [-0.1, -0.05) is 54.2 Å². The van der Waals surface area contributed by atoms with E-state index < -0.39 is 4.75 Å². The van der Waals surface area contributed by atoms with Gasteiger partial charge in [-0.15, -0.1) is 0 Å². The van der Waals surface area contributed by atoms with E-state index in [0.29, 0.717) is 5.57 Å². The van der Waals surface area contributed by atoms with Crippen molar-refractivity contribution in [1.82, 2.24) is 0 Å². The summed E-state index contributed by atoms with van der Waals surface area (Å²) >= 11 is 1.19. The van der Waals surface area contributed by atoms with Crippen molar-refractivity contribution < 1.29 is 9.90 Å². The van der Waals surface area contributed by atoms with Gasteiger partial charge in [0.25, 0.3) is 0 Å². The van der Waals surface area contributed by atoms with Gasteiger partial charge in [0.2, 0.25) is 5.12 Å². The predicted molar refractivity (Wildman–Crippen MR) is 97.6 cm³/mol. The van der Waals surface area contributed by atoms with E-state index in [-0.39, 0.29) is 10.9 Å². The minimum Gasteiger partial charge on any atom is -0.510 e. The Morgan fingerprint density at radius 3 is 2.00 bits per heavy atom. The third kappa shape index (κ3) is 2.70. The molecule has 2 nitrogen and oxygen atoms in total. The van der Waals surface area contributed by atoms with Crippen LogP contribution in [-0.2, 0) is 4.79 Å². The standard InChI is InChI=1S/C20H20O2S/c1-12-10-15(14-8-6-5-7-9-14)11-13(2)16(12)17-18(21)20(3,4)23-19(17)22/h5-11,21H,1-4H3. The van der Waals surface area contributed by atoms with Gasteiger partial charge in [-0.25, -0.2) is 0 Å². The van der Waals surface area contributed by atoms with Crippen LogP contribution in [0.15, 0.2) is 48.2 Å². The number of hydrogen-bond acceptors (Lipinski definition) is 3. The molecule has 0 unspecified atom stereocenters. The second-order valence-electron chi connectivity index (χ2n) is 6.47. The fourth-order valence-corrected chi connectivity index (χ4v) is 4.07. The van der Waals surface area contributed by atoms with Gasteiger partial charge >= 0.3 is 0 Å². The number of hydrogen-bond donors (Lipinski definition) is 1. The topological polar surface area (TPSA) is 37.3 Å². The molecular formula is C20H20O2S. The molecule has 0 radical (unpaired) electrons. The van der Waals surface area contributed by atoms with E-state index >= 15 is 0 Å². The molecular weight excluding hydrogens is 304 g/mol. The summed E-state index contributed by atoms with van der Waals surface area (Å²) in [4.78, 5) is 12.4. The first-order chi connectivity index (χ1) is 10.8. The molecule has 2 aromatic rings. The largest absolute Gasteiger partial charge is 0.510 e. The first-order valence-electron chi connectivity index (χ1n) is 7.65. The summed E-state index contributed by atoms with van der Waals surface area (Å²) in [6.45, 7) is 7.75. The first kappa shape index (κ1) is 15.9. The second-order valence-corrected chi connectivity index (χ2v) is 8.07. The van der Waals surface area contributed by atoms with Crippen LogP contribution in [0.25, 0.3) is 16.7 Å². The van der Waals surface area contributed by atoms with Crippen LogP contribution in [0.2, 0.25) is 0 Å². The highest BCUT2D eigenvalue weighted by molar-refractivity contribution is 8.16. The lowest BCUT2D eigenvalue weighted by atomic mass is 9.90. The summed E-state index contributed by atoms with van der Waals surface area (Å²) in [6, 6.07) is 14.3. The molecule has 3 rings (SSSR count). The lowest BCUT2D eigenvalue weighted by molar-refractivity contribution is -0.106. The van der Waals surface area contributed by atoms with E-state index in [2.05, 4.69) is 24.3 Å². The van der Waals surface area contributed by atoms with E-state index in [4.69, 9.17) is 0 Å². The Labute approximate surface area is 141 Å².